The fourth-order valence-electron chi connectivity index (χ4n) is 0.222. The quantitative estimate of drug-likeness (QED) is 0.391. The van der Waals surface area contributed by atoms with Crippen LogP contribution in [-0.4, -0.2) is 19.2 Å². The molecular weight excluding hydrogens is 110 g/mol. The third-order valence-electron chi connectivity index (χ3n) is 0.737. The highest BCUT2D eigenvalue weighted by atomic mass is 16.6. The third kappa shape index (κ3) is 1.90. The number of carbonyl (C=O) groups is 1. The largest absolute Gasteiger partial charge is 0.467 e. The molecule has 0 radical (unpaired) electrons. The first-order chi connectivity index (χ1) is 3.72. The van der Waals surface area contributed by atoms with Crippen LogP contribution in [0.2, 0.25) is 0 Å². The number of carbonyl (C=O) groups excluding carboxylic acids is 1. The molecule has 1 unspecified atom stereocenters. The number of hydrogen-bond donors (Lipinski definition) is 1. The van der Waals surface area contributed by atoms with Crippen LogP contribution in [0.1, 0.15) is 6.92 Å². The van der Waals surface area contributed by atoms with Gasteiger partial charge in [-0.05, 0) is 6.92 Å². The van der Waals surface area contributed by atoms with Gasteiger partial charge in [-0.25, -0.2) is 10.7 Å². The zero-order chi connectivity index (χ0) is 6.57. The second-order valence-electron chi connectivity index (χ2n) is 1.30. The number of esters is 1. The van der Waals surface area contributed by atoms with Gasteiger partial charge in [0.15, 0.2) is 6.10 Å². The van der Waals surface area contributed by atoms with E-state index < -0.39 is 12.1 Å². The van der Waals surface area contributed by atoms with Crippen LogP contribution in [0.15, 0.2) is 0 Å². The van der Waals surface area contributed by atoms with E-state index in [1.165, 1.54) is 14.0 Å². The fraction of sp³-hybridized carbons (Fsp3) is 0.750. The van der Waals surface area contributed by atoms with Crippen LogP contribution in [-0.2, 0) is 14.4 Å². The van der Waals surface area contributed by atoms with Crippen molar-refractivity contribution in [2.75, 3.05) is 7.11 Å². The van der Waals surface area contributed by atoms with Crippen molar-refractivity contribution in [1.82, 2.24) is 0 Å². The summed E-state index contributed by atoms with van der Waals surface area (Å²) in [5.41, 5.74) is 0. The first kappa shape index (κ1) is 7.39. The van der Waals surface area contributed by atoms with Gasteiger partial charge in [0.25, 0.3) is 0 Å². The highest BCUT2D eigenvalue weighted by Crippen LogP contribution is 1.86. The zero-order valence-corrected chi connectivity index (χ0v) is 4.88. The molecule has 0 aliphatic heterocycles. The molecule has 0 fully saturated rings. The van der Waals surface area contributed by atoms with Crippen LogP contribution >= 0.6 is 0 Å². The maximum atomic E-state index is 10.3. The molecule has 0 saturated heterocycles. The Morgan fingerprint density at radius 3 is 2.38 bits per heavy atom. The minimum Gasteiger partial charge on any atom is -0.467 e. The van der Waals surface area contributed by atoms with Crippen LogP contribution in [0.3, 0.4) is 0 Å². The third-order valence-corrected chi connectivity index (χ3v) is 0.737. The maximum absolute atomic E-state index is 10.3. The van der Waals surface area contributed by atoms with Gasteiger partial charge in [-0.15, -0.1) is 0 Å². The summed E-state index contributed by atoms with van der Waals surface area (Å²) in [7, 11) is 1.28. The molecule has 4 nitrogen and oxygen atoms in total. The molecular formula is C4H9NO3. The Morgan fingerprint density at radius 2 is 2.25 bits per heavy atom. The lowest BCUT2D eigenvalue weighted by Gasteiger charge is -2.03. The van der Waals surface area contributed by atoms with Crippen molar-refractivity contribution in [3.63, 3.8) is 0 Å². The van der Waals surface area contributed by atoms with Crippen molar-refractivity contribution in [3.8, 4) is 0 Å². The summed E-state index contributed by atoms with van der Waals surface area (Å²) < 4.78 is 4.26. The van der Waals surface area contributed by atoms with Crippen molar-refractivity contribution >= 4 is 5.97 Å². The second kappa shape index (κ2) is 3.40. The Hall–Kier alpha value is -0.610. The van der Waals surface area contributed by atoms with E-state index in [2.05, 4.69) is 15.5 Å². The van der Waals surface area contributed by atoms with E-state index in [9.17, 15) is 4.79 Å². The van der Waals surface area contributed by atoms with Crippen LogP contribution in [0.25, 0.3) is 0 Å². The Kier molecular flexibility index (Phi) is 3.14. The van der Waals surface area contributed by atoms with Crippen molar-refractivity contribution in [2.24, 2.45) is 5.90 Å². The summed E-state index contributed by atoms with van der Waals surface area (Å²) in [6.07, 6.45) is -0.667. The van der Waals surface area contributed by atoms with Gasteiger partial charge in [0, 0.05) is 0 Å². The fourth-order valence-corrected chi connectivity index (χ4v) is 0.222. The standard InChI is InChI=1S/C4H9NO3/c1-3(8-5)4(6)7-2/h3H,5H2,1-2H3. The smallest absolute Gasteiger partial charge is 0.336 e. The maximum Gasteiger partial charge on any atom is 0.336 e. The zero-order valence-electron chi connectivity index (χ0n) is 4.88. The lowest BCUT2D eigenvalue weighted by Crippen LogP contribution is -2.24. The molecule has 0 amide bonds. The molecule has 0 bridgehead atoms. The Balaban J connectivity index is 3.46. The lowest BCUT2D eigenvalue weighted by atomic mass is 10.4. The number of hydrogen-bond acceptors (Lipinski definition) is 4. The molecule has 48 valence electrons. The molecule has 0 spiro atoms. The topological polar surface area (TPSA) is 61.5 Å². The van der Waals surface area contributed by atoms with Crippen molar-refractivity contribution in [2.45, 2.75) is 13.0 Å². The number of methoxy groups -OCH3 is 1. The molecule has 0 rings (SSSR count). The van der Waals surface area contributed by atoms with Crippen molar-refractivity contribution in [3.05, 3.63) is 0 Å². The minimum atomic E-state index is -0.667. The Bertz CT molecular complexity index is 83.4. The van der Waals surface area contributed by atoms with Crippen LogP contribution < -0.4 is 5.90 Å². The highest BCUT2D eigenvalue weighted by Gasteiger charge is 2.10. The SMILES string of the molecule is COC(=O)C(C)ON. The van der Waals surface area contributed by atoms with Gasteiger partial charge in [0.1, 0.15) is 0 Å². The molecule has 0 heterocycles. The van der Waals surface area contributed by atoms with Crippen LogP contribution in [0, 0.1) is 0 Å². The summed E-state index contributed by atoms with van der Waals surface area (Å²) >= 11 is 0. The van der Waals surface area contributed by atoms with Crippen molar-refractivity contribution < 1.29 is 14.4 Å². The predicted octanol–water partition coefficient (Wildman–Crippen LogP) is -0.562. The minimum absolute atomic E-state index is 0.465. The van der Waals surface area contributed by atoms with Gasteiger partial charge in [0.2, 0.25) is 0 Å². The molecule has 0 saturated carbocycles. The van der Waals surface area contributed by atoms with E-state index in [0.717, 1.165) is 0 Å². The summed E-state index contributed by atoms with van der Waals surface area (Å²) in [5.74, 6) is 4.18. The van der Waals surface area contributed by atoms with E-state index in [1.807, 2.05) is 0 Å². The second-order valence-corrected chi connectivity index (χ2v) is 1.30. The highest BCUT2D eigenvalue weighted by molar-refractivity contribution is 5.73. The molecule has 2 N–H and O–H groups in total. The van der Waals surface area contributed by atoms with Gasteiger partial charge < -0.3 is 4.74 Å². The van der Waals surface area contributed by atoms with E-state index in [0.29, 0.717) is 0 Å². The Morgan fingerprint density at radius 1 is 1.75 bits per heavy atom. The van der Waals surface area contributed by atoms with Gasteiger partial charge >= 0.3 is 5.97 Å². The van der Waals surface area contributed by atoms with E-state index in [4.69, 9.17) is 0 Å². The van der Waals surface area contributed by atoms with Gasteiger partial charge in [-0.1, -0.05) is 0 Å². The monoisotopic (exact) mass is 119 g/mol. The molecule has 4 heteroatoms. The van der Waals surface area contributed by atoms with Gasteiger partial charge in [-0.3, -0.25) is 4.84 Å². The van der Waals surface area contributed by atoms with Crippen LogP contribution in [0.4, 0.5) is 0 Å². The molecule has 0 aliphatic carbocycles. The van der Waals surface area contributed by atoms with Gasteiger partial charge in [0.05, 0.1) is 7.11 Å². The summed E-state index contributed by atoms with van der Waals surface area (Å²) in [5, 5.41) is 0. The predicted molar refractivity (Wildman–Crippen MR) is 26.8 cm³/mol. The molecule has 0 aromatic rings. The molecule has 8 heavy (non-hydrogen) atoms. The van der Waals surface area contributed by atoms with Crippen LogP contribution in [0.5, 0.6) is 0 Å². The first-order valence-corrected chi connectivity index (χ1v) is 2.15. The molecule has 1 atom stereocenters. The van der Waals surface area contributed by atoms with E-state index >= 15 is 0 Å². The number of rotatable bonds is 2. The lowest BCUT2D eigenvalue weighted by molar-refractivity contribution is -0.153. The first-order valence-electron chi connectivity index (χ1n) is 2.15. The summed E-state index contributed by atoms with van der Waals surface area (Å²) in [4.78, 5) is 14.4. The Labute approximate surface area is 47.5 Å². The summed E-state index contributed by atoms with van der Waals surface area (Å²) in [6, 6.07) is 0. The van der Waals surface area contributed by atoms with Gasteiger partial charge in [-0.2, -0.15) is 0 Å². The van der Waals surface area contributed by atoms with E-state index in [1.54, 1.807) is 0 Å². The number of ether oxygens (including phenoxy) is 1. The normalized spacial score (nSPS) is 12.9. The average molecular weight is 119 g/mol. The summed E-state index contributed by atoms with van der Waals surface area (Å²) in [6.45, 7) is 1.51. The molecule has 0 aromatic carbocycles. The van der Waals surface area contributed by atoms with E-state index in [-0.39, 0.29) is 0 Å². The molecule has 0 aliphatic rings. The average Bonchev–Trinajstić information content (AvgIpc) is 1.84. The van der Waals surface area contributed by atoms with Crippen molar-refractivity contribution in [1.29, 1.82) is 0 Å². The number of nitrogens with two attached hydrogens (primary N) is 1. The molecule has 0 aromatic heterocycles.